The molecule has 0 aromatic carbocycles. The zero-order chi connectivity index (χ0) is 12.1. The van der Waals surface area contributed by atoms with Crippen LogP contribution in [-0.2, 0) is 9.59 Å². The van der Waals surface area contributed by atoms with Crippen LogP contribution in [0.1, 0.15) is 27.2 Å². The smallest absolute Gasteiger partial charge is 0.242 e. The number of amides is 2. The van der Waals surface area contributed by atoms with Gasteiger partial charge in [0, 0.05) is 19.1 Å². The molecular formula is C11H21N3O2. The largest absolute Gasteiger partial charge is 0.353 e. The van der Waals surface area contributed by atoms with Gasteiger partial charge in [-0.3, -0.25) is 9.59 Å². The lowest BCUT2D eigenvalue weighted by Gasteiger charge is -2.34. The second-order valence-electron chi connectivity index (χ2n) is 4.34. The first kappa shape index (κ1) is 13.0. The molecule has 0 spiro atoms. The summed E-state index contributed by atoms with van der Waals surface area (Å²) in [5.74, 6) is -0.0259. The second kappa shape index (κ2) is 5.84. The Bertz CT molecular complexity index is 266. The molecule has 1 unspecified atom stereocenters. The molecule has 5 heteroatoms. The molecule has 1 aliphatic rings. The van der Waals surface area contributed by atoms with Gasteiger partial charge in [0.1, 0.15) is 6.04 Å². The maximum Gasteiger partial charge on any atom is 0.242 e. The third-order valence-electron chi connectivity index (χ3n) is 2.70. The van der Waals surface area contributed by atoms with Gasteiger partial charge in [0.05, 0.1) is 6.54 Å². The third kappa shape index (κ3) is 3.20. The lowest BCUT2D eigenvalue weighted by molar-refractivity contribution is -0.142. The van der Waals surface area contributed by atoms with Crippen LogP contribution in [-0.4, -0.2) is 48.4 Å². The summed E-state index contributed by atoms with van der Waals surface area (Å²) in [5.41, 5.74) is 0. The Morgan fingerprint density at radius 3 is 2.88 bits per heavy atom. The SMILES string of the molecule is CCC1C(=O)NCCN1C(=O)CNC(C)C. The van der Waals surface area contributed by atoms with Crippen molar-refractivity contribution in [1.82, 2.24) is 15.5 Å². The molecule has 1 fully saturated rings. The molecule has 0 aliphatic carbocycles. The van der Waals surface area contributed by atoms with Gasteiger partial charge in [0.15, 0.2) is 0 Å². The molecule has 16 heavy (non-hydrogen) atoms. The summed E-state index contributed by atoms with van der Waals surface area (Å²) in [6.45, 7) is 7.39. The van der Waals surface area contributed by atoms with Gasteiger partial charge in [-0.15, -0.1) is 0 Å². The summed E-state index contributed by atoms with van der Waals surface area (Å²) in [4.78, 5) is 25.1. The van der Waals surface area contributed by atoms with Crippen molar-refractivity contribution in [2.24, 2.45) is 0 Å². The predicted octanol–water partition coefficient (Wildman–Crippen LogP) is -0.279. The lowest BCUT2D eigenvalue weighted by atomic mass is 10.1. The first-order valence-electron chi connectivity index (χ1n) is 5.86. The Morgan fingerprint density at radius 1 is 1.62 bits per heavy atom. The Labute approximate surface area is 96.6 Å². The van der Waals surface area contributed by atoms with Gasteiger partial charge in [0.2, 0.25) is 11.8 Å². The maximum absolute atomic E-state index is 11.9. The number of rotatable bonds is 4. The van der Waals surface area contributed by atoms with Gasteiger partial charge in [-0.1, -0.05) is 20.8 Å². The van der Waals surface area contributed by atoms with Crippen LogP contribution in [0.2, 0.25) is 0 Å². The van der Waals surface area contributed by atoms with E-state index in [1.165, 1.54) is 0 Å². The van der Waals surface area contributed by atoms with Crippen LogP contribution in [0.3, 0.4) is 0 Å². The van der Waals surface area contributed by atoms with Crippen LogP contribution in [0.4, 0.5) is 0 Å². The number of carbonyl (C=O) groups excluding carboxylic acids is 2. The summed E-state index contributed by atoms with van der Waals surface area (Å²) in [6, 6.07) is -0.0159. The van der Waals surface area contributed by atoms with Gasteiger partial charge in [0.25, 0.3) is 0 Å². The molecule has 0 radical (unpaired) electrons. The highest BCUT2D eigenvalue weighted by Crippen LogP contribution is 2.08. The molecular weight excluding hydrogens is 206 g/mol. The van der Waals surface area contributed by atoms with Gasteiger partial charge >= 0.3 is 0 Å². The van der Waals surface area contributed by atoms with E-state index in [4.69, 9.17) is 0 Å². The average Bonchev–Trinajstić information content (AvgIpc) is 2.25. The average molecular weight is 227 g/mol. The van der Waals surface area contributed by atoms with Crippen LogP contribution in [0.5, 0.6) is 0 Å². The number of nitrogens with one attached hydrogen (secondary N) is 2. The van der Waals surface area contributed by atoms with E-state index < -0.39 is 0 Å². The molecule has 0 aromatic heterocycles. The molecule has 1 heterocycles. The van der Waals surface area contributed by atoms with Gasteiger partial charge in [-0.05, 0) is 6.42 Å². The van der Waals surface area contributed by atoms with Crippen LogP contribution >= 0.6 is 0 Å². The van der Waals surface area contributed by atoms with Crippen LogP contribution in [0.15, 0.2) is 0 Å². The van der Waals surface area contributed by atoms with E-state index in [0.29, 0.717) is 26.1 Å². The Hall–Kier alpha value is -1.10. The van der Waals surface area contributed by atoms with Crippen molar-refractivity contribution in [2.75, 3.05) is 19.6 Å². The van der Waals surface area contributed by atoms with E-state index in [1.807, 2.05) is 20.8 Å². The Morgan fingerprint density at radius 2 is 2.31 bits per heavy atom. The third-order valence-corrected chi connectivity index (χ3v) is 2.70. The summed E-state index contributed by atoms with van der Waals surface area (Å²) in [7, 11) is 0. The monoisotopic (exact) mass is 227 g/mol. The van der Waals surface area contributed by atoms with E-state index in [2.05, 4.69) is 10.6 Å². The van der Waals surface area contributed by atoms with E-state index >= 15 is 0 Å². The zero-order valence-corrected chi connectivity index (χ0v) is 10.2. The summed E-state index contributed by atoms with van der Waals surface area (Å²) >= 11 is 0. The highest BCUT2D eigenvalue weighted by molar-refractivity contribution is 5.89. The fraction of sp³-hybridized carbons (Fsp3) is 0.818. The van der Waals surface area contributed by atoms with Gasteiger partial charge in [-0.2, -0.15) is 0 Å². The molecule has 2 N–H and O–H groups in total. The number of carbonyl (C=O) groups is 2. The standard InChI is InChI=1S/C11H21N3O2/c1-4-9-11(16)12-5-6-14(9)10(15)7-13-8(2)3/h8-9,13H,4-7H2,1-3H3,(H,12,16). The van der Waals surface area contributed by atoms with Crippen molar-refractivity contribution in [3.05, 3.63) is 0 Å². The lowest BCUT2D eigenvalue weighted by Crippen LogP contribution is -2.58. The summed E-state index contributed by atoms with van der Waals surface area (Å²) in [5, 5.41) is 5.86. The number of nitrogens with zero attached hydrogens (tertiary/aromatic N) is 1. The maximum atomic E-state index is 11.9. The highest BCUT2D eigenvalue weighted by atomic mass is 16.2. The molecule has 1 rings (SSSR count). The van der Waals surface area contributed by atoms with Crippen LogP contribution < -0.4 is 10.6 Å². The molecule has 0 aromatic rings. The molecule has 0 saturated carbocycles. The van der Waals surface area contributed by atoms with Crippen molar-refractivity contribution in [1.29, 1.82) is 0 Å². The summed E-state index contributed by atoms with van der Waals surface area (Å²) < 4.78 is 0. The summed E-state index contributed by atoms with van der Waals surface area (Å²) in [6.07, 6.45) is 0.666. The molecule has 2 amide bonds. The van der Waals surface area contributed by atoms with E-state index in [0.717, 1.165) is 0 Å². The topological polar surface area (TPSA) is 61.4 Å². The molecule has 1 aliphatic heterocycles. The Kier molecular flexibility index (Phi) is 4.73. The predicted molar refractivity (Wildman–Crippen MR) is 61.9 cm³/mol. The molecule has 0 bridgehead atoms. The van der Waals surface area contributed by atoms with Crippen molar-refractivity contribution in [3.8, 4) is 0 Å². The van der Waals surface area contributed by atoms with E-state index in [1.54, 1.807) is 4.90 Å². The van der Waals surface area contributed by atoms with Crippen molar-refractivity contribution in [3.63, 3.8) is 0 Å². The minimum Gasteiger partial charge on any atom is -0.353 e. The van der Waals surface area contributed by atoms with Gasteiger partial charge in [-0.25, -0.2) is 0 Å². The minimum absolute atomic E-state index is 0.00963. The number of piperazine rings is 1. The van der Waals surface area contributed by atoms with E-state index in [9.17, 15) is 9.59 Å². The molecule has 5 nitrogen and oxygen atoms in total. The fourth-order valence-corrected chi connectivity index (χ4v) is 1.81. The van der Waals surface area contributed by atoms with Crippen LogP contribution in [0, 0.1) is 0 Å². The highest BCUT2D eigenvalue weighted by Gasteiger charge is 2.30. The van der Waals surface area contributed by atoms with Crippen molar-refractivity contribution >= 4 is 11.8 Å². The first-order valence-corrected chi connectivity index (χ1v) is 5.86. The van der Waals surface area contributed by atoms with Crippen molar-refractivity contribution in [2.45, 2.75) is 39.3 Å². The van der Waals surface area contributed by atoms with Crippen molar-refractivity contribution < 1.29 is 9.59 Å². The minimum atomic E-state index is -0.296. The fourth-order valence-electron chi connectivity index (χ4n) is 1.81. The molecule has 92 valence electrons. The van der Waals surface area contributed by atoms with Gasteiger partial charge < -0.3 is 15.5 Å². The Balaban J connectivity index is 2.55. The first-order chi connectivity index (χ1) is 7.56. The normalized spacial score (nSPS) is 21.1. The van der Waals surface area contributed by atoms with E-state index in [-0.39, 0.29) is 23.9 Å². The number of hydrogen-bond donors (Lipinski definition) is 2. The quantitative estimate of drug-likeness (QED) is 0.694. The number of hydrogen-bond acceptors (Lipinski definition) is 3. The van der Waals surface area contributed by atoms with Crippen LogP contribution in [0.25, 0.3) is 0 Å². The second-order valence-corrected chi connectivity index (χ2v) is 4.34. The molecule has 1 atom stereocenters. The molecule has 1 saturated heterocycles. The zero-order valence-electron chi connectivity index (χ0n) is 10.2.